The average Bonchev–Trinajstić information content (AvgIpc) is 3.36. The summed E-state index contributed by atoms with van der Waals surface area (Å²) in [6.07, 6.45) is 5.93. The molecule has 4 saturated heterocycles. The number of sulfonamides is 1. The van der Waals surface area contributed by atoms with Crippen LogP contribution in [0.15, 0.2) is 40.2 Å². The van der Waals surface area contributed by atoms with Gasteiger partial charge in [0.05, 0.1) is 0 Å². The van der Waals surface area contributed by atoms with Crippen molar-refractivity contribution in [2.75, 3.05) is 57.3 Å². The lowest BCUT2D eigenvalue weighted by Crippen LogP contribution is -2.59. The second-order valence-corrected chi connectivity index (χ2v) is 11.8. The molecular formula is C21H30N6O2S2. The first-order chi connectivity index (χ1) is 15.1. The predicted molar refractivity (Wildman–Crippen MR) is 122 cm³/mol. The minimum atomic E-state index is -3.38. The van der Waals surface area contributed by atoms with Crippen molar-refractivity contribution in [1.29, 1.82) is 0 Å². The van der Waals surface area contributed by atoms with Crippen molar-refractivity contribution in [3.63, 3.8) is 0 Å². The van der Waals surface area contributed by atoms with Crippen molar-refractivity contribution in [1.82, 2.24) is 24.5 Å². The molecule has 0 aliphatic carbocycles. The van der Waals surface area contributed by atoms with E-state index in [1.165, 1.54) is 17.8 Å². The fraction of sp³-hybridized carbons (Fsp3) is 0.619. The Hall–Kier alpha value is -1.59. The van der Waals surface area contributed by atoms with Gasteiger partial charge in [0, 0.05) is 64.2 Å². The van der Waals surface area contributed by atoms with Crippen LogP contribution < -0.4 is 9.62 Å². The van der Waals surface area contributed by atoms with Gasteiger partial charge in [-0.05, 0) is 48.7 Å². The molecule has 6 rings (SSSR count). The summed E-state index contributed by atoms with van der Waals surface area (Å²) in [5.41, 5.74) is 0. The highest BCUT2D eigenvalue weighted by Crippen LogP contribution is 2.36. The van der Waals surface area contributed by atoms with E-state index in [0.29, 0.717) is 28.6 Å². The maximum atomic E-state index is 12.5. The SMILES string of the molecule is O=S(=O)(NC[C@@H]1C[C@H]2CCN1C[C@@H]2CN1CCN(c2ncccn2)CC1)c1cccs1. The Morgan fingerprint density at radius 3 is 2.58 bits per heavy atom. The maximum absolute atomic E-state index is 12.5. The molecule has 2 bridgehead atoms. The number of piperidine rings is 3. The molecular weight excluding hydrogens is 432 g/mol. The molecule has 8 nitrogen and oxygen atoms in total. The summed E-state index contributed by atoms with van der Waals surface area (Å²) in [4.78, 5) is 16.1. The van der Waals surface area contributed by atoms with Gasteiger partial charge in [0.1, 0.15) is 4.21 Å². The number of hydrogen-bond acceptors (Lipinski definition) is 8. The molecule has 4 aliphatic rings. The van der Waals surface area contributed by atoms with Crippen LogP contribution in [0.25, 0.3) is 0 Å². The van der Waals surface area contributed by atoms with Gasteiger partial charge in [0.15, 0.2) is 0 Å². The second kappa shape index (κ2) is 9.11. The van der Waals surface area contributed by atoms with E-state index in [1.807, 2.05) is 6.07 Å². The van der Waals surface area contributed by atoms with Crippen molar-refractivity contribution in [2.24, 2.45) is 11.8 Å². The summed E-state index contributed by atoms with van der Waals surface area (Å²) in [6, 6.07) is 5.62. The first-order valence-electron chi connectivity index (χ1n) is 11.1. The van der Waals surface area contributed by atoms with Crippen LogP contribution in [0, 0.1) is 11.8 Å². The normalized spacial score (nSPS) is 29.4. The molecule has 1 N–H and O–H groups in total. The van der Waals surface area contributed by atoms with Gasteiger partial charge in [-0.2, -0.15) is 0 Å². The number of hydrogen-bond donors (Lipinski definition) is 1. The van der Waals surface area contributed by atoms with Crippen LogP contribution in [0.4, 0.5) is 5.95 Å². The standard InChI is InChI=1S/C21H30N6O2S2/c28-31(29,20-3-1-12-30-20)24-14-19-13-17-4-7-27(19)16-18(17)15-25-8-10-26(11-9-25)21-22-5-2-6-23-21/h1-3,5-6,12,17-19,24H,4,7-11,13-16H2/t17-,18+,19+/m1/s1. The highest BCUT2D eigenvalue weighted by Gasteiger charge is 2.41. The van der Waals surface area contributed by atoms with Crippen molar-refractivity contribution < 1.29 is 8.42 Å². The minimum Gasteiger partial charge on any atom is -0.338 e. The van der Waals surface area contributed by atoms with Crippen LogP contribution in [-0.4, -0.2) is 86.6 Å². The van der Waals surface area contributed by atoms with E-state index < -0.39 is 10.0 Å². The quantitative estimate of drug-likeness (QED) is 0.665. The zero-order chi connectivity index (χ0) is 21.3. The smallest absolute Gasteiger partial charge is 0.250 e. The molecule has 31 heavy (non-hydrogen) atoms. The van der Waals surface area contributed by atoms with E-state index in [1.54, 1.807) is 29.9 Å². The second-order valence-electron chi connectivity index (χ2n) is 8.81. The van der Waals surface area contributed by atoms with Crippen LogP contribution in [0.5, 0.6) is 0 Å². The van der Waals surface area contributed by atoms with E-state index in [-0.39, 0.29) is 0 Å². The van der Waals surface area contributed by atoms with E-state index in [4.69, 9.17) is 0 Å². The number of anilines is 1. The molecule has 0 aromatic carbocycles. The molecule has 168 valence electrons. The van der Waals surface area contributed by atoms with Gasteiger partial charge in [-0.3, -0.25) is 9.80 Å². The number of nitrogens with one attached hydrogen (secondary N) is 1. The summed E-state index contributed by atoms with van der Waals surface area (Å²) in [5.74, 6) is 2.20. The first-order valence-corrected chi connectivity index (χ1v) is 13.5. The van der Waals surface area contributed by atoms with Crippen LogP contribution in [0.1, 0.15) is 12.8 Å². The topological polar surface area (TPSA) is 81.7 Å². The Morgan fingerprint density at radius 1 is 1.10 bits per heavy atom. The lowest BCUT2D eigenvalue weighted by molar-refractivity contribution is -0.0108. The van der Waals surface area contributed by atoms with Crippen molar-refractivity contribution >= 4 is 27.3 Å². The van der Waals surface area contributed by atoms with Crippen molar-refractivity contribution in [2.45, 2.75) is 23.1 Å². The van der Waals surface area contributed by atoms with Crippen molar-refractivity contribution in [3.05, 3.63) is 36.0 Å². The summed E-state index contributed by atoms with van der Waals surface area (Å²) in [6.45, 7) is 7.86. The maximum Gasteiger partial charge on any atom is 0.250 e. The number of piperazine rings is 1. The monoisotopic (exact) mass is 462 g/mol. The van der Waals surface area contributed by atoms with Gasteiger partial charge in [-0.15, -0.1) is 11.3 Å². The Morgan fingerprint density at radius 2 is 1.90 bits per heavy atom. The first kappa shape index (κ1) is 21.3. The van der Waals surface area contributed by atoms with Crippen LogP contribution in [0.2, 0.25) is 0 Å². The number of nitrogens with zero attached hydrogens (tertiary/aromatic N) is 5. The lowest BCUT2D eigenvalue weighted by atomic mass is 9.75. The zero-order valence-electron chi connectivity index (χ0n) is 17.6. The molecule has 0 amide bonds. The largest absolute Gasteiger partial charge is 0.338 e. The third kappa shape index (κ3) is 4.78. The van der Waals surface area contributed by atoms with Gasteiger partial charge in [0.2, 0.25) is 16.0 Å². The molecule has 1 unspecified atom stereocenters. The molecule has 2 aromatic rings. The fourth-order valence-corrected chi connectivity index (χ4v) is 7.39. The van der Waals surface area contributed by atoms with Crippen molar-refractivity contribution in [3.8, 4) is 0 Å². The molecule has 0 radical (unpaired) electrons. The third-order valence-corrected chi connectivity index (χ3v) is 9.80. The van der Waals surface area contributed by atoms with Gasteiger partial charge in [-0.1, -0.05) is 6.07 Å². The number of rotatable bonds is 7. The summed E-state index contributed by atoms with van der Waals surface area (Å²) in [7, 11) is -3.38. The van der Waals surface area contributed by atoms with Gasteiger partial charge < -0.3 is 4.90 Å². The summed E-state index contributed by atoms with van der Waals surface area (Å²) < 4.78 is 28.2. The Labute approximate surface area is 188 Å². The Balaban J connectivity index is 1.11. The molecule has 2 aromatic heterocycles. The van der Waals surface area contributed by atoms with Crippen LogP contribution >= 0.6 is 11.3 Å². The fourth-order valence-electron chi connectivity index (χ4n) is 5.28. The van der Waals surface area contributed by atoms with Crippen LogP contribution in [-0.2, 0) is 10.0 Å². The Kier molecular flexibility index (Phi) is 6.25. The summed E-state index contributed by atoms with van der Waals surface area (Å²) in [5, 5.41) is 1.80. The highest BCUT2D eigenvalue weighted by molar-refractivity contribution is 7.91. The van der Waals surface area contributed by atoms with E-state index in [9.17, 15) is 8.42 Å². The third-order valence-electron chi connectivity index (χ3n) is 6.98. The predicted octanol–water partition coefficient (Wildman–Crippen LogP) is 1.35. The molecule has 0 spiro atoms. The van der Waals surface area contributed by atoms with Gasteiger partial charge >= 0.3 is 0 Å². The van der Waals surface area contributed by atoms with Gasteiger partial charge in [-0.25, -0.2) is 23.1 Å². The molecule has 6 heterocycles. The number of fused-ring (bicyclic) bond motifs is 3. The molecule has 4 atom stereocenters. The lowest BCUT2D eigenvalue weighted by Gasteiger charge is -2.51. The number of thiophene rings is 1. The molecule has 4 aliphatic heterocycles. The van der Waals surface area contributed by atoms with E-state index >= 15 is 0 Å². The molecule has 4 fully saturated rings. The number of aromatic nitrogens is 2. The highest BCUT2D eigenvalue weighted by atomic mass is 32.2. The van der Waals surface area contributed by atoms with Gasteiger partial charge in [0.25, 0.3) is 0 Å². The molecule has 10 heteroatoms. The van der Waals surface area contributed by atoms with Crippen LogP contribution in [0.3, 0.4) is 0 Å². The summed E-state index contributed by atoms with van der Waals surface area (Å²) >= 11 is 1.27. The zero-order valence-corrected chi connectivity index (χ0v) is 19.3. The average molecular weight is 463 g/mol. The Bertz CT molecular complexity index is 948. The van der Waals surface area contributed by atoms with E-state index in [0.717, 1.165) is 58.2 Å². The molecule has 0 saturated carbocycles. The van der Waals surface area contributed by atoms with E-state index in [2.05, 4.69) is 29.4 Å². The minimum absolute atomic E-state index is 0.316.